The van der Waals surface area contributed by atoms with Crippen molar-refractivity contribution < 1.29 is 4.79 Å². The molecule has 0 aromatic carbocycles. The third-order valence-electron chi connectivity index (χ3n) is 3.02. The Morgan fingerprint density at radius 3 is 2.43 bits per heavy atom. The van der Waals surface area contributed by atoms with Crippen LogP contribution in [0.15, 0.2) is 0 Å². The lowest BCUT2D eigenvalue weighted by molar-refractivity contribution is -0.123. The average Bonchev–Trinajstić information content (AvgIpc) is 2.19. The van der Waals surface area contributed by atoms with Crippen LogP contribution < -0.4 is 5.32 Å². The first-order valence-electron chi connectivity index (χ1n) is 5.55. The van der Waals surface area contributed by atoms with Gasteiger partial charge >= 0.3 is 0 Å². The molecule has 0 bridgehead atoms. The van der Waals surface area contributed by atoms with E-state index in [2.05, 4.69) is 10.2 Å². The normalized spacial score (nSPS) is 20.3. The number of Topliss-reactive ketones (excluding diaryl/α,β-unsaturated/α-hetero) is 1. The van der Waals surface area contributed by atoms with Gasteiger partial charge in [0.1, 0.15) is 5.78 Å². The van der Waals surface area contributed by atoms with Crippen LogP contribution in [0, 0.1) is 5.92 Å². The third kappa shape index (κ3) is 3.39. The quantitative estimate of drug-likeness (QED) is 0.728. The maximum absolute atomic E-state index is 11.5. The van der Waals surface area contributed by atoms with Gasteiger partial charge in [0.05, 0.1) is 6.54 Å². The molecule has 1 heterocycles. The number of piperidine rings is 1. The smallest absolute Gasteiger partial charge is 0.149 e. The number of likely N-dealkylation sites (tertiary alicyclic amines) is 1. The number of rotatable bonds is 4. The summed E-state index contributed by atoms with van der Waals surface area (Å²) in [4.78, 5) is 13.8. The van der Waals surface area contributed by atoms with Gasteiger partial charge in [-0.15, -0.1) is 0 Å². The highest BCUT2D eigenvalue weighted by Gasteiger charge is 2.20. The van der Waals surface area contributed by atoms with Gasteiger partial charge in [-0.3, -0.25) is 9.69 Å². The molecule has 3 heteroatoms. The van der Waals surface area contributed by atoms with Crippen molar-refractivity contribution in [1.29, 1.82) is 0 Å². The van der Waals surface area contributed by atoms with E-state index >= 15 is 0 Å². The van der Waals surface area contributed by atoms with Crippen LogP contribution in [0.1, 0.15) is 26.7 Å². The van der Waals surface area contributed by atoms with Crippen LogP contribution in [0.25, 0.3) is 0 Å². The van der Waals surface area contributed by atoms with Gasteiger partial charge in [0.2, 0.25) is 0 Å². The second-order valence-corrected chi connectivity index (χ2v) is 4.46. The highest BCUT2D eigenvalue weighted by molar-refractivity contribution is 5.82. The molecular weight excluding hydrogens is 176 g/mol. The molecule has 14 heavy (non-hydrogen) atoms. The number of carbonyl (C=O) groups is 1. The Morgan fingerprint density at radius 2 is 2.00 bits per heavy atom. The van der Waals surface area contributed by atoms with Crippen LogP contribution in [-0.2, 0) is 4.79 Å². The molecule has 1 N–H and O–H groups in total. The molecule has 0 amide bonds. The molecule has 1 aliphatic rings. The Kier molecular flexibility index (Phi) is 4.55. The standard InChI is InChI=1S/C11H22N2O/c1-9(2)11(14)8-13-6-4-10(12-3)5-7-13/h9-10,12H,4-8H2,1-3H3. The first-order valence-corrected chi connectivity index (χ1v) is 5.55. The molecule has 0 aliphatic carbocycles. The van der Waals surface area contributed by atoms with Crippen molar-refractivity contribution in [2.75, 3.05) is 26.7 Å². The predicted molar refractivity (Wildman–Crippen MR) is 58.4 cm³/mol. The van der Waals surface area contributed by atoms with Crippen molar-refractivity contribution in [1.82, 2.24) is 10.2 Å². The van der Waals surface area contributed by atoms with E-state index < -0.39 is 0 Å². The largest absolute Gasteiger partial charge is 0.317 e. The topological polar surface area (TPSA) is 32.3 Å². The minimum absolute atomic E-state index is 0.178. The molecule has 1 fully saturated rings. The van der Waals surface area contributed by atoms with E-state index in [0.717, 1.165) is 13.1 Å². The Bertz CT molecular complexity index is 184. The van der Waals surface area contributed by atoms with E-state index in [0.29, 0.717) is 18.4 Å². The summed E-state index contributed by atoms with van der Waals surface area (Å²) in [7, 11) is 2.01. The predicted octanol–water partition coefficient (Wildman–Crippen LogP) is 0.895. The fourth-order valence-corrected chi connectivity index (χ4v) is 1.78. The van der Waals surface area contributed by atoms with Gasteiger partial charge in [-0.2, -0.15) is 0 Å². The van der Waals surface area contributed by atoms with Crippen LogP contribution in [0.2, 0.25) is 0 Å². The molecule has 1 rings (SSSR count). The molecule has 0 unspecified atom stereocenters. The lowest BCUT2D eigenvalue weighted by atomic mass is 10.0. The average molecular weight is 198 g/mol. The number of carbonyl (C=O) groups excluding carboxylic acids is 1. The summed E-state index contributed by atoms with van der Waals surface area (Å²) in [5, 5.41) is 3.29. The molecule has 1 saturated heterocycles. The van der Waals surface area contributed by atoms with Crippen LogP contribution in [0.5, 0.6) is 0 Å². The molecule has 0 radical (unpaired) electrons. The van der Waals surface area contributed by atoms with Crippen LogP contribution in [-0.4, -0.2) is 43.4 Å². The molecule has 0 spiro atoms. The number of nitrogens with one attached hydrogen (secondary N) is 1. The number of nitrogens with zero attached hydrogens (tertiary/aromatic N) is 1. The van der Waals surface area contributed by atoms with Crippen molar-refractivity contribution >= 4 is 5.78 Å². The summed E-state index contributed by atoms with van der Waals surface area (Å²) >= 11 is 0. The summed E-state index contributed by atoms with van der Waals surface area (Å²) in [6, 6.07) is 0.653. The Hall–Kier alpha value is -0.410. The summed E-state index contributed by atoms with van der Waals surface area (Å²) in [6.45, 7) is 6.72. The second kappa shape index (κ2) is 5.47. The first kappa shape index (κ1) is 11.7. The molecule has 82 valence electrons. The maximum atomic E-state index is 11.5. The zero-order chi connectivity index (χ0) is 10.6. The SMILES string of the molecule is CNC1CCN(CC(=O)C(C)C)CC1. The van der Waals surface area contributed by atoms with Gasteiger partial charge in [0.25, 0.3) is 0 Å². The molecule has 0 atom stereocenters. The third-order valence-corrected chi connectivity index (χ3v) is 3.02. The van der Waals surface area contributed by atoms with Gasteiger partial charge < -0.3 is 5.32 Å². The van der Waals surface area contributed by atoms with Crippen molar-refractivity contribution in [3.8, 4) is 0 Å². The summed E-state index contributed by atoms with van der Waals surface area (Å²) in [5.41, 5.74) is 0. The Balaban J connectivity index is 2.25. The van der Waals surface area contributed by atoms with E-state index in [1.54, 1.807) is 0 Å². The van der Waals surface area contributed by atoms with Gasteiger partial charge in [-0.25, -0.2) is 0 Å². The van der Waals surface area contributed by atoms with Gasteiger partial charge in [-0.1, -0.05) is 13.8 Å². The molecule has 0 saturated carbocycles. The lowest BCUT2D eigenvalue weighted by Gasteiger charge is -2.31. The molecule has 3 nitrogen and oxygen atoms in total. The number of hydrogen-bond donors (Lipinski definition) is 1. The van der Waals surface area contributed by atoms with Crippen LogP contribution >= 0.6 is 0 Å². The minimum atomic E-state index is 0.178. The van der Waals surface area contributed by atoms with Crippen LogP contribution in [0.4, 0.5) is 0 Å². The molecule has 1 aliphatic heterocycles. The fraction of sp³-hybridized carbons (Fsp3) is 0.909. The van der Waals surface area contributed by atoms with Gasteiger partial charge in [-0.05, 0) is 19.9 Å². The minimum Gasteiger partial charge on any atom is -0.317 e. The summed E-state index contributed by atoms with van der Waals surface area (Å²) in [6.07, 6.45) is 2.34. The maximum Gasteiger partial charge on any atom is 0.149 e. The first-order chi connectivity index (χ1) is 6.63. The number of hydrogen-bond acceptors (Lipinski definition) is 3. The second-order valence-electron chi connectivity index (χ2n) is 4.46. The van der Waals surface area contributed by atoms with Gasteiger partial charge in [0.15, 0.2) is 0 Å². The summed E-state index contributed by atoms with van der Waals surface area (Å²) in [5.74, 6) is 0.546. The van der Waals surface area contributed by atoms with Gasteiger partial charge in [0, 0.05) is 25.0 Å². The molecule has 0 aromatic rings. The van der Waals surface area contributed by atoms with Crippen molar-refractivity contribution in [2.24, 2.45) is 5.92 Å². The zero-order valence-corrected chi connectivity index (χ0v) is 9.55. The van der Waals surface area contributed by atoms with Crippen molar-refractivity contribution in [3.05, 3.63) is 0 Å². The number of ketones is 1. The highest BCUT2D eigenvalue weighted by atomic mass is 16.1. The van der Waals surface area contributed by atoms with E-state index in [4.69, 9.17) is 0 Å². The van der Waals surface area contributed by atoms with E-state index in [1.165, 1.54) is 12.8 Å². The van der Waals surface area contributed by atoms with E-state index in [-0.39, 0.29) is 5.92 Å². The van der Waals surface area contributed by atoms with Crippen LogP contribution in [0.3, 0.4) is 0 Å². The Morgan fingerprint density at radius 1 is 1.43 bits per heavy atom. The molecular formula is C11H22N2O. The zero-order valence-electron chi connectivity index (χ0n) is 9.55. The highest BCUT2D eigenvalue weighted by Crippen LogP contribution is 2.10. The Labute approximate surface area is 86.9 Å². The summed E-state index contributed by atoms with van der Waals surface area (Å²) < 4.78 is 0. The lowest BCUT2D eigenvalue weighted by Crippen LogP contribution is -2.43. The molecule has 0 aromatic heterocycles. The van der Waals surface area contributed by atoms with E-state index in [1.807, 2.05) is 20.9 Å². The van der Waals surface area contributed by atoms with Crippen molar-refractivity contribution in [3.63, 3.8) is 0 Å². The monoisotopic (exact) mass is 198 g/mol. The van der Waals surface area contributed by atoms with E-state index in [9.17, 15) is 4.79 Å². The van der Waals surface area contributed by atoms with Crippen molar-refractivity contribution in [2.45, 2.75) is 32.7 Å². The fourth-order valence-electron chi connectivity index (χ4n) is 1.78.